The second-order valence-corrected chi connectivity index (χ2v) is 4.87. The molecule has 0 saturated heterocycles. The quantitative estimate of drug-likeness (QED) is 0.680. The molecule has 3 rings (SSSR count). The third kappa shape index (κ3) is 2.57. The van der Waals surface area contributed by atoms with Crippen molar-refractivity contribution in [3.8, 4) is 17.6 Å². The summed E-state index contributed by atoms with van der Waals surface area (Å²) in [6, 6.07) is 15.3. The van der Waals surface area contributed by atoms with Crippen LogP contribution in [0.3, 0.4) is 0 Å². The molecule has 1 aliphatic heterocycles. The van der Waals surface area contributed by atoms with Crippen molar-refractivity contribution in [3.63, 3.8) is 0 Å². The molecule has 0 amide bonds. The molecule has 0 saturated carbocycles. The molecular weight excluding hydrogens is 248 g/mol. The smallest absolute Gasteiger partial charge is 0.171 e. The predicted molar refractivity (Wildman–Crippen MR) is 77.9 cm³/mol. The monoisotopic (exact) mass is 262 g/mol. The van der Waals surface area contributed by atoms with E-state index < -0.39 is 0 Å². The Balaban J connectivity index is 1.81. The first-order chi connectivity index (χ1) is 9.72. The molecule has 98 valence electrons. The minimum Gasteiger partial charge on any atom is -0.477 e. The number of aryl methyl sites for hydroxylation is 1. The van der Waals surface area contributed by atoms with Crippen molar-refractivity contribution in [2.24, 2.45) is 0 Å². The molecule has 20 heavy (non-hydrogen) atoms. The van der Waals surface area contributed by atoms with E-state index in [0.717, 1.165) is 5.56 Å². The number of carbonyl (C=O) groups excluding carboxylic acids is 1. The van der Waals surface area contributed by atoms with Crippen molar-refractivity contribution < 1.29 is 9.53 Å². The van der Waals surface area contributed by atoms with Gasteiger partial charge in [0.15, 0.2) is 11.9 Å². The van der Waals surface area contributed by atoms with Gasteiger partial charge in [-0.1, -0.05) is 41.7 Å². The maximum absolute atomic E-state index is 12.0. The van der Waals surface area contributed by atoms with Crippen LogP contribution in [0.2, 0.25) is 0 Å². The fourth-order valence-electron chi connectivity index (χ4n) is 2.15. The van der Waals surface area contributed by atoms with E-state index in [1.165, 1.54) is 5.56 Å². The Labute approximate surface area is 118 Å². The molecule has 0 bridgehead atoms. The summed E-state index contributed by atoms with van der Waals surface area (Å²) >= 11 is 0. The highest BCUT2D eigenvalue weighted by molar-refractivity contribution is 6.00. The van der Waals surface area contributed by atoms with Gasteiger partial charge in [0.2, 0.25) is 0 Å². The highest BCUT2D eigenvalue weighted by Gasteiger charge is 2.24. The van der Waals surface area contributed by atoms with Gasteiger partial charge >= 0.3 is 0 Å². The van der Waals surface area contributed by atoms with Gasteiger partial charge in [-0.15, -0.1) is 0 Å². The zero-order chi connectivity index (χ0) is 13.9. The molecule has 0 aromatic heterocycles. The lowest BCUT2D eigenvalue weighted by Crippen LogP contribution is -2.25. The Hall–Kier alpha value is -2.53. The number of hydrogen-bond acceptors (Lipinski definition) is 2. The van der Waals surface area contributed by atoms with Crippen molar-refractivity contribution in [2.45, 2.75) is 19.4 Å². The van der Waals surface area contributed by atoms with Crippen LogP contribution in [0.5, 0.6) is 5.75 Å². The first-order valence-corrected chi connectivity index (χ1v) is 6.59. The second-order valence-electron chi connectivity index (χ2n) is 4.87. The van der Waals surface area contributed by atoms with Crippen LogP contribution < -0.4 is 4.74 Å². The SMILES string of the molecule is Cc1ccc(C#C[C@H]2CC(=O)c3ccccc3O2)cc1. The van der Waals surface area contributed by atoms with Crippen LogP contribution in [0.15, 0.2) is 48.5 Å². The number of ketones is 1. The number of Topliss-reactive ketones (excluding diaryl/α,β-unsaturated/α-hetero) is 1. The van der Waals surface area contributed by atoms with Crippen LogP contribution in [-0.4, -0.2) is 11.9 Å². The normalized spacial score (nSPS) is 16.6. The first kappa shape index (κ1) is 12.5. The molecule has 2 aromatic rings. The van der Waals surface area contributed by atoms with Crippen LogP contribution in [0.4, 0.5) is 0 Å². The molecule has 2 aromatic carbocycles. The standard InChI is InChI=1S/C18H14O2/c1-13-6-8-14(9-7-13)10-11-15-12-17(19)16-4-2-3-5-18(16)20-15/h2-9,15H,12H2,1H3/t15-/m0/s1. The van der Waals surface area contributed by atoms with Gasteiger partial charge in [-0.25, -0.2) is 0 Å². The third-order valence-electron chi connectivity index (χ3n) is 3.26. The van der Waals surface area contributed by atoms with Gasteiger partial charge in [-0.05, 0) is 31.2 Å². The molecule has 0 N–H and O–H groups in total. The average molecular weight is 262 g/mol. The van der Waals surface area contributed by atoms with Crippen molar-refractivity contribution in [2.75, 3.05) is 0 Å². The maximum atomic E-state index is 12.0. The minimum absolute atomic E-state index is 0.0926. The van der Waals surface area contributed by atoms with E-state index >= 15 is 0 Å². The summed E-state index contributed by atoms with van der Waals surface area (Å²) in [5.41, 5.74) is 2.79. The van der Waals surface area contributed by atoms with E-state index in [9.17, 15) is 4.79 Å². The maximum Gasteiger partial charge on any atom is 0.171 e. The molecule has 0 fully saturated rings. The number of para-hydroxylation sites is 1. The topological polar surface area (TPSA) is 26.3 Å². The van der Waals surface area contributed by atoms with Gasteiger partial charge < -0.3 is 4.74 Å². The summed E-state index contributed by atoms with van der Waals surface area (Å²) in [5.74, 6) is 6.83. The molecule has 0 aliphatic carbocycles. The Morgan fingerprint density at radius 3 is 2.65 bits per heavy atom. The zero-order valence-corrected chi connectivity index (χ0v) is 11.2. The third-order valence-corrected chi connectivity index (χ3v) is 3.26. The number of ether oxygens (including phenoxy) is 1. The van der Waals surface area contributed by atoms with E-state index in [1.54, 1.807) is 6.07 Å². The highest BCUT2D eigenvalue weighted by Crippen LogP contribution is 2.26. The molecule has 0 spiro atoms. The van der Waals surface area contributed by atoms with Crippen molar-refractivity contribution in [1.82, 2.24) is 0 Å². The van der Waals surface area contributed by atoms with E-state index in [0.29, 0.717) is 17.7 Å². The van der Waals surface area contributed by atoms with E-state index in [2.05, 4.69) is 11.8 Å². The summed E-state index contributed by atoms with van der Waals surface area (Å²) in [4.78, 5) is 12.0. The summed E-state index contributed by atoms with van der Waals surface area (Å²) in [7, 11) is 0. The molecule has 1 heterocycles. The van der Waals surface area contributed by atoms with Crippen LogP contribution >= 0.6 is 0 Å². The van der Waals surface area contributed by atoms with Crippen LogP contribution in [0.1, 0.15) is 27.9 Å². The largest absolute Gasteiger partial charge is 0.477 e. The van der Waals surface area contributed by atoms with Gasteiger partial charge in [0.1, 0.15) is 5.75 Å². The Morgan fingerprint density at radius 2 is 1.85 bits per heavy atom. The number of hydrogen-bond donors (Lipinski definition) is 0. The molecule has 0 radical (unpaired) electrons. The molecule has 1 atom stereocenters. The van der Waals surface area contributed by atoms with Gasteiger partial charge in [-0.2, -0.15) is 0 Å². The Bertz CT molecular complexity index is 702. The van der Waals surface area contributed by atoms with Crippen molar-refractivity contribution in [3.05, 3.63) is 65.2 Å². The lowest BCUT2D eigenvalue weighted by Gasteiger charge is -2.21. The van der Waals surface area contributed by atoms with E-state index in [4.69, 9.17) is 4.74 Å². The summed E-state index contributed by atoms with van der Waals surface area (Å²) in [5, 5.41) is 0. The fourth-order valence-corrected chi connectivity index (χ4v) is 2.15. The molecule has 2 heteroatoms. The predicted octanol–water partition coefficient (Wildman–Crippen LogP) is 3.38. The van der Waals surface area contributed by atoms with Crippen LogP contribution in [-0.2, 0) is 0 Å². The molecule has 2 nitrogen and oxygen atoms in total. The summed E-state index contributed by atoms with van der Waals surface area (Å²) < 4.78 is 5.75. The number of rotatable bonds is 0. The Kier molecular flexibility index (Phi) is 3.26. The Morgan fingerprint density at radius 1 is 1.10 bits per heavy atom. The molecule has 1 aliphatic rings. The lowest BCUT2D eigenvalue weighted by atomic mass is 10.0. The second kappa shape index (κ2) is 5.22. The number of carbonyl (C=O) groups is 1. The van der Waals surface area contributed by atoms with Crippen LogP contribution in [0.25, 0.3) is 0 Å². The van der Waals surface area contributed by atoms with Crippen molar-refractivity contribution in [1.29, 1.82) is 0 Å². The van der Waals surface area contributed by atoms with E-state index in [1.807, 2.05) is 49.4 Å². The van der Waals surface area contributed by atoms with Crippen LogP contribution in [0, 0.1) is 18.8 Å². The summed E-state index contributed by atoms with van der Waals surface area (Å²) in [6.45, 7) is 2.04. The number of fused-ring (bicyclic) bond motifs is 1. The van der Waals surface area contributed by atoms with Gasteiger partial charge in [0.05, 0.1) is 12.0 Å². The molecular formula is C18H14O2. The fraction of sp³-hybridized carbons (Fsp3) is 0.167. The van der Waals surface area contributed by atoms with Gasteiger partial charge in [0, 0.05) is 5.56 Å². The first-order valence-electron chi connectivity index (χ1n) is 6.59. The van der Waals surface area contributed by atoms with E-state index in [-0.39, 0.29) is 11.9 Å². The van der Waals surface area contributed by atoms with Gasteiger partial charge in [0.25, 0.3) is 0 Å². The minimum atomic E-state index is -0.362. The summed E-state index contributed by atoms with van der Waals surface area (Å²) in [6.07, 6.45) is -0.0470. The highest BCUT2D eigenvalue weighted by atomic mass is 16.5. The average Bonchev–Trinajstić information content (AvgIpc) is 2.47. The van der Waals surface area contributed by atoms with Crippen molar-refractivity contribution >= 4 is 5.78 Å². The zero-order valence-electron chi connectivity index (χ0n) is 11.2. The number of benzene rings is 2. The molecule has 0 unspecified atom stereocenters. The lowest BCUT2D eigenvalue weighted by molar-refractivity contribution is 0.0900. The van der Waals surface area contributed by atoms with Gasteiger partial charge in [-0.3, -0.25) is 4.79 Å².